The van der Waals surface area contributed by atoms with Crippen molar-refractivity contribution in [3.8, 4) is 0 Å². The van der Waals surface area contributed by atoms with Crippen LogP contribution in [-0.4, -0.2) is 16.2 Å². The van der Waals surface area contributed by atoms with E-state index in [9.17, 15) is 0 Å². The zero-order valence-corrected chi connectivity index (χ0v) is 7.49. The Morgan fingerprint density at radius 2 is 2.18 bits per heavy atom. The summed E-state index contributed by atoms with van der Waals surface area (Å²) < 4.78 is 0. The fourth-order valence-corrected chi connectivity index (χ4v) is 1.06. The monoisotopic (exact) mass is 195 g/mol. The van der Waals surface area contributed by atoms with E-state index in [4.69, 9.17) is 5.73 Å². The Balaban J connectivity index is 0.000000500. The molecular weight excluding hydrogens is 185 g/mol. The lowest BCUT2D eigenvalue weighted by Crippen LogP contribution is -2.00. The van der Waals surface area contributed by atoms with Crippen LogP contribution < -0.4 is 5.73 Å². The third-order valence-electron chi connectivity index (χ3n) is 1.79. The Morgan fingerprint density at radius 3 is 2.55 bits per heavy atom. The number of halogens is 2. The largest absolute Gasteiger partial charge is 0.327 e. The number of H-pyrrole nitrogens is 1. The van der Waals surface area contributed by atoms with E-state index in [2.05, 4.69) is 10.2 Å². The van der Waals surface area contributed by atoms with Gasteiger partial charge in [0.1, 0.15) is 0 Å². The average molecular weight is 196 g/mol. The fourth-order valence-electron chi connectivity index (χ4n) is 1.06. The first kappa shape index (κ1) is 10.8. The molecule has 2 atom stereocenters. The quantitative estimate of drug-likeness (QED) is 0.705. The number of hydrogen-bond acceptors (Lipinski definition) is 2. The molecule has 0 bridgehead atoms. The minimum Gasteiger partial charge on any atom is -0.327 e. The predicted molar refractivity (Wildman–Crippen MR) is 48.4 cm³/mol. The number of nitrogens with two attached hydrogens (primary N) is 1. The molecule has 0 aliphatic heterocycles. The number of hydrogen-bond donors (Lipinski definition) is 2. The molecule has 1 fully saturated rings. The van der Waals surface area contributed by atoms with Crippen LogP contribution in [0.25, 0.3) is 0 Å². The normalized spacial score (nSPS) is 26.6. The van der Waals surface area contributed by atoms with Crippen LogP contribution >= 0.6 is 24.8 Å². The van der Waals surface area contributed by atoms with Crippen LogP contribution in [0.2, 0.25) is 0 Å². The van der Waals surface area contributed by atoms with Crippen molar-refractivity contribution in [1.82, 2.24) is 10.2 Å². The number of rotatable bonds is 1. The summed E-state index contributed by atoms with van der Waals surface area (Å²) in [5.41, 5.74) is 6.87. The minimum atomic E-state index is 0. The molecule has 0 spiro atoms. The molecule has 1 aromatic rings. The maximum absolute atomic E-state index is 5.62. The molecular formula is C6H11Cl2N3. The van der Waals surface area contributed by atoms with Crippen LogP contribution in [0.4, 0.5) is 0 Å². The van der Waals surface area contributed by atoms with Crippen molar-refractivity contribution < 1.29 is 0 Å². The first-order valence-electron chi connectivity index (χ1n) is 3.12. The molecule has 5 heteroatoms. The van der Waals surface area contributed by atoms with Gasteiger partial charge < -0.3 is 5.73 Å². The van der Waals surface area contributed by atoms with Crippen LogP contribution in [-0.2, 0) is 0 Å². The van der Waals surface area contributed by atoms with Gasteiger partial charge in [0.05, 0.1) is 6.20 Å². The van der Waals surface area contributed by atoms with Crippen molar-refractivity contribution in [2.45, 2.75) is 18.4 Å². The topological polar surface area (TPSA) is 54.7 Å². The molecule has 64 valence electrons. The van der Waals surface area contributed by atoms with Gasteiger partial charge in [0.25, 0.3) is 0 Å². The molecule has 1 heterocycles. The summed E-state index contributed by atoms with van der Waals surface area (Å²) in [5.74, 6) is 0.587. The average Bonchev–Trinajstić information content (AvgIpc) is 2.44. The van der Waals surface area contributed by atoms with Crippen molar-refractivity contribution in [1.29, 1.82) is 0 Å². The molecule has 0 radical (unpaired) electrons. The van der Waals surface area contributed by atoms with Crippen LogP contribution in [0.3, 0.4) is 0 Å². The third-order valence-corrected chi connectivity index (χ3v) is 1.79. The number of nitrogens with one attached hydrogen (secondary N) is 1. The van der Waals surface area contributed by atoms with Gasteiger partial charge in [-0.15, -0.1) is 24.8 Å². The van der Waals surface area contributed by atoms with Gasteiger partial charge in [-0.2, -0.15) is 5.10 Å². The highest BCUT2D eigenvalue weighted by Gasteiger charge is 2.35. The molecule has 0 unspecified atom stereocenters. The summed E-state index contributed by atoms with van der Waals surface area (Å²) in [6, 6.07) is 0.391. The predicted octanol–water partition coefficient (Wildman–Crippen LogP) is 1.07. The SMILES string of the molecule is Cl.Cl.N[C@@H]1C[C@H]1c1cn[nH]c1. The van der Waals surface area contributed by atoms with E-state index in [1.165, 1.54) is 5.56 Å². The highest BCUT2D eigenvalue weighted by Crippen LogP contribution is 2.37. The van der Waals surface area contributed by atoms with Crippen LogP contribution in [0.1, 0.15) is 17.9 Å². The van der Waals surface area contributed by atoms with Gasteiger partial charge in [-0.3, -0.25) is 5.10 Å². The van der Waals surface area contributed by atoms with Crippen molar-refractivity contribution in [3.05, 3.63) is 18.0 Å². The molecule has 3 N–H and O–H groups in total. The van der Waals surface area contributed by atoms with Gasteiger partial charge in [-0.25, -0.2) is 0 Å². The van der Waals surface area contributed by atoms with Crippen LogP contribution in [0.15, 0.2) is 12.4 Å². The van der Waals surface area contributed by atoms with Gasteiger partial charge in [-0.05, 0) is 12.0 Å². The second kappa shape index (κ2) is 3.95. The van der Waals surface area contributed by atoms with E-state index in [1.54, 1.807) is 0 Å². The Labute approximate surface area is 77.6 Å². The highest BCUT2D eigenvalue weighted by atomic mass is 35.5. The van der Waals surface area contributed by atoms with E-state index in [0.717, 1.165) is 6.42 Å². The molecule has 3 nitrogen and oxygen atoms in total. The Morgan fingerprint density at radius 1 is 1.55 bits per heavy atom. The number of nitrogens with zero attached hydrogens (tertiary/aromatic N) is 1. The van der Waals surface area contributed by atoms with Gasteiger partial charge in [0, 0.05) is 18.2 Å². The molecule has 1 aliphatic rings. The van der Waals surface area contributed by atoms with E-state index < -0.39 is 0 Å². The first-order valence-corrected chi connectivity index (χ1v) is 3.12. The first-order chi connectivity index (χ1) is 4.38. The summed E-state index contributed by atoms with van der Waals surface area (Å²) in [6.45, 7) is 0. The third kappa shape index (κ3) is 2.09. The van der Waals surface area contributed by atoms with E-state index >= 15 is 0 Å². The van der Waals surface area contributed by atoms with Gasteiger partial charge in [0.15, 0.2) is 0 Å². The summed E-state index contributed by atoms with van der Waals surface area (Å²) in [6.07, 6.45) is 4.88. The summed E-state index contributed by atoms with van der Waals surface area (Å²) >= 11 is 0. The molecule has 1 aromatic heterocycles. The second-order valence-corrected chi connectivity index (χ2v) is 2.54. The van der Waals surface area contributed by atoms with E-state index in [-0.39, 0.29) is 24.8 Å². The summed E-state index contributed by atoms with van der Waals surface area (Å²) in [7, 11) is 0. The molecule has 11 heavy (non-hydrogen) atoms. The fraction of sp³-hybridized carbons (Fsp3) is 0.500. The molecule has 1 saturated carbocycles. The Kier molecular flexibility index (Phi) is 3.86. The maximum atomic E-state index is 5.62. The minimum absolute atomic E-state index is 0. The van der Waals surface area contributed by atoms with Gasteiger partial charge in [0.2, 0.25) is 0 Å². The standard InChI is InChI=1S/C6H9N3.2ClH/c7-6-1-5(6)4-2-8-9-3-4;;/h2-3,5-6H,1,7H2,(H,8,9);2*1H/t5-,6+;;/m0../s1. The molecule has 1 aliphatic carbocycles. The van der Waals surface area contributed by atoms with Crippen LogP contribution in [0, 0.1) is 0 Å². The maximum Gasteiger partial charge on any atom is 0.0522 e. The molecule has 0 saturated heterocycles. The summed E-state index contributed by atoms with van der Waals surface area (Å²) in [4.78, 5) is 0. The second-order valence-electron chi connectivity index (χ2n) is 2.54. The van der Waals surface area contributed by atoms with Crippen molar-refractivity contribution >= 4 is 24.8 Å². The Bertz CT molecular complexity index is 200. The lowest BCUT2D eigenvalue weighted by molar-refractivity contribution is 0.992. The number of aromatic nitrogens is 2. The summed E-state index contributed by atoms with van der Waals surface area (Å²) in [5, 5.41) is 6.60. The number of aromatic amines is 1. The van der Waals surface area contributed by atoms with Crippen LogP contribution in [0.5, 0.6) is 0 Å². The van der Waals surface area contributed by atoms with E-state index in [0.29, 0.717) is 12.0 Å². The van der Waals surface area contributed by atoms with Gasteiger partial charge >= 0.3 is 0 Å². The lowest BCUT2D eigenvalue weighted by atomic mass is 10.2. The van der Waals surface area contributed by atoms with Crippen molar-refractivity contribution in [3.63, 3.8) is 0 Å². The zero-order chi connectivity index (χ0) is 6.27. The van der Waals surface area contributed by atoms with Gasteiger partial charge in [-0.1, -0.05) is 0 Å². The Hall–Kier alpha value is -0.250. The van der Waals surface area contributed by atoms with E-state index in [1.807, 2.05) is 12.4 Å². The molecule has 0 amide bonds. The highest BCUT2D eigenvalue weighted by molar-refractivity contribution is 5.85. The zero-order valence-electron chi connectivity index (χ0n) is 5.86. The lowest BCUT2D eigenvalue weighted by Gasteiger charge is -1.85. The molecule has 2 rings (SSSR count). The van der Waals surface area contributed by atoms with Crippen molar-refractivity contribution in [2.24, 2.45) is 5.73 Å². The smallest absolute Gasteiger partial charge is 0.0522 e. The molecule has 0 aromatic carbocycles. The van der Waals surface area contributed by atoms with Crippen molar-refractivity contribution in [2.75, 3.05) is 0 Å².